The predicted octanol–water partition coefficient (Wildman–Crippen LogP) is 5.27. The zero-order chi connectivity index (χ0) is 38.5. The number of carbonyl (C=O) groups is 3. The fraction of sp³-hybridized carbons (Fsp3) is 0.775. The van der Waals surface area contributed by atoms with Crippen molar-refractivity contribution in [2.24, 2.45) is 22.7 Å². The maximum absolute atomic E-state index is 12.6. The van der Waals surface area contributed by atoms with Crippen LogP contribution < -0.4 is 0 Å². The number of aliphatic hydroxyl groups is 4. The molecule has 0 radical (unpaired) electrons. The summed E-state index contributed by atoms with van der Waals surface area (Å²) in [4.78, 5) is 36.9. The molecule has 3 rings (SSSR count). The standard InChI is InChI=1S/C40H64O11/c1-23(11-15-28(48-26(4)42)21-24(2)12-16-29-25(3)14-18-32(44)38(29,6)7)13-17-31-39(8,9)33(19-20-40(31,10)51-27(5)43)50-37-36(47)35(46)34(45)30(22-41)49-37/h11,14,21,28-31,33-37,41,45-47H,12-13,15-20,22H2,1-10H3/b23-11+,24-21+/t28?,29?,30?,31-,33?,34?,35?,36?,37?,40-/m1/s1. The third kappa shape index (κ3) is 10.6. The summed E-state index contributed by atoms with van der Waals surface area (Å²) < 4.78 is 23.6. The van der Waals surface area contributed by atoms with Gasteiger partial charge in [-0.2, -0.15) is 0 Å². The monoisotopic (exact) mass is 720 g/mol. The van der Waals surface area contributed by atoms with Crippen molar-refractivity contribution < 1.29 is 53.8 Å². The molecule has 0 spiro atoms. The summed E-state index contributed by atoms with van der Waals surface area (Å²) in [6.07, 6.45) is 3.21. The van der Waals surface area contributed by atoms with E-state index in [9.17, 15) is 34.8 Å². The molecule has 1 saturated heterocycles. The minimum absolute atomic E-state index is 0.167. The van der Waals surface area contributed by atoms with Gasteiger partial charge in [-0.25, -0.2) is 0 Å². The summed E-state index contributed by atoms with van der Waals surface area (Å²) in [7, 11) is 0. The fourth-order valence-electron chi connectivity index (χ4n) is 8.63. The van der Waals surface area contributed by atoms with E-state index in [0.717, 1.165) is 24.0 Å². The van der Waals surface area contributed by atoms with Gasteiger partial charge >= 0.3 is 11.9 Å². The van der Waals surface area contributed by atoms with Crippen LogP contribution in [0.5, 0.6) is 0 Å². The van der Waals surface area contributed by atoms with Gasteiger partial charge in [0.1, 0.15) is 41.9 Å². The summed E-state index contributed by atoms with van der Waals surface area (Å²) in [5.74, 6) is -0.490. The summed E-state index contributed by atoms with van der Waals surface area (Å²) in [5.41, 5.74) is 1.64. The lowest BCUT2D eigenvalue weighted by Crippen LogP contribution is -2.62. The van der Waals surface area contributed by atoms with Crippen molar-refractivity contribution in [1.82, 2.24) is 0 Å². The number of hydrogen-bond donors (Lipinski definition) is 4. The largest absolute Gasteiger partial charge is 0.459 e. The van der Waals surface area contributed by atoms with Gasteiger partial charge < -0.3 is 39.4 Å². The molecule has 8 unspecified atom stereocenters. The molecule has 0 aromatic heterocycles. The van der Waals surface area contributed by atoms with Gasteiger partial charge in [-0.1, -0.05) is 56.6 Å². The number of rotatable bonds is 14. The van der Waals surface area contributed by atoms with Crippen molar-refractivity contribution in [2.75, 3.05) is 6.61 Å². The van der Waals surface area contributed by atoms with E-state index >= 15 is 0 Å². The number of Topliss-reactive ketones (excluding diaryl/α,β-unsaturated/α-hetero) is 1. The average Bonchev–Trinajstić information content (AvgIpc) is 3.02. The molecule has 290 valence electrons. The van der Waals surface area contributed by atoms with Crippen molar-refractivity contribution in [3.8, 4) is 0 Å². The van der Waals surface area contributed by atoms with Gasteiger partial charge in [0.05, 0.1) is 12.7 Å². The van der Waals surface area contributed by atoms with Crippen molar-refractivity contribution >= 4 is 17.7 Å². The smallest absolute Gasteiger partial charge is 0.303 e. The van der Waals surface area contributed by atoms with Crippen LogP contribution >= 0.6 is 0 Å². The molecule has 11 heteroatoms. The zero-order valence-corrected chi connectivity index (χ0v) is 32.4. The number of aliphatic hydroxyl groups excluding tert-OH is 4. The van der Waals surface area contributed by atoms with Crippen LogP contribution in [0.1, 0.15) is 121 Å². The lowest BCUT2D eigenvalue weighted by molar-refractivity contribution is -0.327. The molecule has 0 aromatic carbocycles. The van der Waals surface area contributed by atoms with Crippen LogP contribution in [0.25, 0.3) is 0 Å². The Balaban J connectivity index is 1.73. The van der Waals surface area contributed by atoms with Crippen molar-refractivity contribution in [3.63, 3.8) is 0 Å². The second-order valence-electron chi connectivity index (χ2n) is 16.5. The molecule has 0 bridgehead atoms. The van der Waals surface area contributed by atoms with Gasteiger partial charge in [-0.3, -0.25) is 14.4 Å². The van der Waals surface area contributed by atoms with Crippen LogP contribution in [0.3, 0.4) is 0 Å². The molecule has 3 aliphatic rings. The van der Waals surface area contributed by atoms with Crippen LogP contribution in [-0.4, -0.2) is 93.3 Å². The second kappa shape index (κ2) is 17.6. The average molecular weight is 721 g/mol. The first-order valence-corrected chi connectivity index (χ1v) is 18.5. The lowest BCUT2D eigenvalue weighted by Gasteiger charge is -2.54. The van der Waals surface area contributed by atoms with E-state index in [2.05, 4.69) is 13.0 Å². The predicted molar refractivity (Wildman–Crippen MR) is 192 cm³/mol. The van der Waals surface area contributed by atoms with Crippen molar-refractivity contribution in [1.29, 1.82) is 0 Å². The molecular formula is C40H64O11. The van der Waals surface area contributed by atoms with E-state index in [4.69, 9.17) is 18.9 Å². The van der Waals surface area contributed by atoms with E-state index in [1.807, 2.05) is 60.6 Å². The molecule has 11 nitrogen and oxygen atoms in total. The number of ether oxygens (including phenoxy) is 4. The summed E-state index contributed by atoms with van der Waals surface area (Å²) >= 11 is 0. The highest BCUT2D eigenvalue weighted by atomic mass is 16.7. The molecule has 1 aliphatic heterocycles. The van der Waals surface area contributed by atoms with Crippen molar-refractivity contribution in [2.45, 2.75) is 169 Å². The Morgan fingerprint density at radius 2 is 1.61 bits per heavy atom. The number of esters is 2. The maximum Gasteiger partial charge on any atom is 0.303 e. The molecule has 0 aromatic rings. The Hall–Kier alpha value is -2.41. The van der Waals surface area contributed by atoms with Crippen LogP contribution in [0, 0.1) is 22.7 Å². The molecular weight excluding hydrogens is 656 g/mol. The Morgan fingerprint density at radius 3 is 2.22 bits per heavy atom. The van der Waals surface area contributed by atoms with Crippen LogP contribution in [-0.2, 0) is 33.3 Å². The van der Waals surface area contributed by atoms with Gasteiger partial charge in [0, 0.05) is 38.0 Å². The first-order valence-electron chi connectivity index (χ1n) is 18.5. The topological polar surface area (TPSA) is 169 Å². The number of carbonyl (C=O) groups excluding carboxylic acids is 3. The highest BCUT2D eigenvalue weighted by molar-refractivity contribution is 5.87. The maximum atomic E-state index is 12.6. The molecule has 51 heavy (non-hydrogen) atoms. The highest BCUT2D eigenvalue weighted by Crippen LogP contribution is 2.52. The molecule has 10 atom stereocenters. The molecule has 4 N–H and O–H groups in total. The quantitative estimate of drug-likeness (QED) is 0.136. The summed E-state index contributed by atoms with van der Waals surface area (Å²) in [5, 5.41) is 40.9. The Kier molecular flexibility index (Phi) is 14.8. The van der Waals surface area contributed by atoms with E-state index < -0.39 is 66.0 Å². The minimum atomic E-state index is -1.55. The first-order chi connectivity index (χ1) is 23.6. The van der Waals surface area contributed by atoms with Crippen molar-refractivity contribution in [3.05, 3.63) is 34.9 Å². The zero-order valence-electron chi connectivity index (χ0n) is 32.4. The Labute approximate surface area is 304 Å². The lowest BCUT2D eigenvalue weighted by atomic mass is 9.58. The van der Waals surface area contributed by atoms with E-state index in [0.29, 0.717) is 38.5 Å². The van der Waals surface area contributed by atoms with Crippen LogP contribution in [0.2, 0.25) is 0 Å². The van der Waals surface area contributed by atoms with Crippen LogP contribution in [0.15, 0.2) is 34.9 Å². The molecule has 2 aliphatic carbocycles. The molecule has 1 saturated carbocycles. The Bertz CT molecular complexity index is 1330. The molecule has 0 amide bonds. The normalized spacial score (nSPS) is 34.8. The van der Waals surface area contributed by atoms with Gasteiger partial charge in [-0.15, -0.1) is 0 Å². The number of allylic oxidation sites excluding steroid dienone is 4. The van der Waals surface area contributed by atoms with Gasteiger partial charge in [0.2, 0.25) is 0 Å². The van der Waals surface area contributed by atoms with Gasteiger partial charge in [0.15, 0.2) is 6.29 Å². The second-order valence-corrected chi connectivity index (χ2v) is 16.5. The highest BCUT2D eigenvalue weighted by Gasteiger charge is 2.55. The van der Waals surface area contributed by atoms with E-state index in [1.165, 1.54) is 19.4 Å². The Morgan fingerprint density at radius 1 is 0.961 bits per heavy atom. The summed E-state index contributed by atoms with van der Waals surface area (Å²) in [6.45, 7) is 18.5. The fourth-order valence-corrected chi connectivity index (χ4v) is 8.63. The van der Waals surface area contributed by atoms with Crippen LogP contribution in [0.4, 0.5) is 0 Å². The van der Waals surface area contributed by atoms with E-state index in [-0.39, 0.29) is 29.6 Å². The SMILES string of the molecule is CC(=O)OC(/C=C(\C)CCC1C(C)=CCC(=O)C1(C)C)C/C=C(\C)CC[C@@H]1C(C)(C)C(OC2OC(CO)C(O)C(O)C2O)CC[C@@]1(C)OC(C)=O. The number of hydrogen-bond acceptors (Lipinski definition) is 11. The summed E-state index contributed by atoms with van der Waals surface area (Å²) in [6, 6.07) is 0. The molecule has 2 fully saturated rings. The van der Waals surface area contributed by atoms with E-state index in [1.54, 1.807) is 0 Å². The third-order valence-electron chi connectivity index (χ3n) is 11.8. The minimum Gasteiger partial charge on any atom is -0.459 e. The number of ketones is 1. The van der Waals surface area contributed by atoms with Gasteiger partial charge in [0.25, 0.3) is 0 Å². The third-order valence-corrected chi connectivity index (χ3v) is 11.8. The molecule has 1 heterocycles. The first kappa shape index (κ1) is 43.0. The van der Waals surface area contributed by atoms with Gasteiger partial charge in [-0.05, 0) is 83.6 Å².